The Labute approximate surface area is 151 Å². The lowest BCUT2D eigenvalue weighted by molar-refractivity contribution is 0.432. The van der Waals surface area contributed by atoms with Gasteiger partial charge in [0.2, 0.25) is 5.82 Å². The molecule has 0 aliphatic rings. The molecule has 2 N–H and O–H groups in total. The van der Waals surface area contributed by atoms with Gasteiger partial charge in [-0.15, -0.1) is 0 Å². The first kappa shape index (κ1) is 15.9. The molecule has 4 rings (SSSR count). The molecule has 1 aromatic heterocycles. The summed E-state index contributed by atoms with van der Waals surface area (Å²) in [7, 11) is 0. The van der Waals surface area contributed by atoms with E-state index < -0.39 is 0 Å². The summed E-state index contributed by atoms with van der Waals surface area (Å²) >= 11 is 0. The fraction of sp³-hybridized carbons (Fsp3) is 0.0476. The molecule has 5 nitrogen and oxygen atoms in total. The molecule has 0 aliphatic carbocycles. The first-order chi connectivity index (χ1) is 12.7. The van der Waals surface area contributed by atoms with E-state index >= 15 is 0 Å². The summed E-state index contributed by atoms with van der Waals surface area (Å²) in [5.74, 6) is 2.53. The van der Waals surface area contributed by atoms with Crippen LogP contribution >= 0.6 is 0 Å². The maximum atomic E-state index is 5.83. The Morgan fingerprint density at radius 2 is 1.35 bits per heavy atom. The maximum Gasteiger partial charge on any atom is 0.258 e. The molecule has 0 amide bonds. The van der Waals surface area contributed by atoms with Crippen LogP contribution in [0.15, 0.2) is 77.3 Å². The van der Waals surface area contributed by atoms with Crippen LogP contribution in [-0.2, 0) is 0 Å². The minimum Gasteiger partial charge on any atom is -0.457 e. The SMILES string of the molecule is Cc1ccc(Oc2ccc(-c3noc(-c4ccc(N)cc4)n3)cc2)cc1. The number of rotatable bonds is 4. The van der Waals surface area contributed by atoms with Gasteiger partial charge in [-0.2, -0.15) is 4.98 Å². The average Bonchev–Trinajstić information content (AvgIpc) is 3.15. The first-order valence-corrected chi connectivity index (χ1v) is 8.22. The molecule has 0 bridgehead atoms. The Kier molecular flexibility index (Phi) is 4.11. The van der Waals surface area contributed by atoms with Crippen molar-refractivity contribution in [3.8, 4) is 34.3 Å². The number of hydrogen-bond donors (Lipinski definition) is 1. The van der Waals surface area contributed by atoms with Gasteiger partial charge in [0.15, 0.2) is 0 Å². The van der Waals surface area contributed by atoms with E-state index in [1.807, 2.05) is 67.6 Å². The highest BCUT2D eigenvalue weighted by atomic mass is 16.5. The van der Waals surface area contributed by atoms with Crippen molar-refractivity contribution in [3.05, 3.63) is 78.4 Å². The summed E-state index contributed by atoms with van der Waals surface area (Å²) in [6.45, 7) is 2.04. The summed E-state index contributed by atoms with van der Waals surface area (Å²) in [5, 5.41) is 4.05. The van der Waals surface area contributed by atoms with E-state index in [2.05, 4.69) is 10.1 Å². The normalized spacial score (nSPS) is 10.7. The predicted octanol–water partition coefficient (Wildman–Crippen LogP) is 5.09. The summed E-state index contributed by atoms with van der Waals surface area (Å²) in [6, 6.07) is 22.8. The Hall–Kier alpha value is -3.60. The standard InChI is InChI=1S/C21H17N3O2/c1-14-2-10-18(11-3-14)25-19-12-6-15(7-13-19)20-23-21(26-24-20)16-4-8-17(22)9-5-16/h2-13H,22H2,1H3. The molecule has 3 aromatic carbocycles. The Balaban J connectivity index is 1.52. The van der Waals surface area contributed by atoms with Gasteiger partial charge in [0.1, 0.15) is 11.5 Å². The Morgan fingerprint density at radius 3 is 2.00 bits per heavy atom. The lowest BCUT2D eigenvalue weighted by atomic mass is 10.2. The molecule has 0 saturated heterocycles. The van der Waals surface area contributed by atoms with E-state index in [1.54, 1.807) is 12.1 Å². The van der Waals surface area contributed by atoms with E-state index in [4.69, 9.17) is 15.0 Å². The molecule has 0 saturated carbocycles. The van der Waals surface area contributed by atoms with Crippen molar-refractivity contribution in [2.45, 2.75) is 6.92 Å². The monoisotopic (exact) mass is 343 g/mol. The average molecular weight is 343 g/mol. The molecule has 0 atom stereocenters. The van der Waals surface area contributed by atoms with Crippen LogP contribution in [0.1, 0.15) is 5.56 Å². The third-order valence-electron chi connectivity index (χ3n) is 3.95. The number of aromatic nitrogens is 2. The molecule has 0 spiro atoms. The van der Waals surface area contributed by atoms with Gasteiger partial charge in [0.05, 0.1) is 0 Å². The zero-order chi connectivity index (χ0) is 17.9. The van der Waals surface area contributed by atoms with E-state index in [-0.39, 0.29) is 0 Å². The van der Waals surface area contributed by atoms with Crippen molar-refractivity contribution in [3.63, 3.8) is 0 Å². The fourth-order valence-corrected chi connectivity index (χ4v) is 2.50. The summed E-state index contributed by atoms with van der Waals surface area (Å²) in [5.41, 5.74) is 9.27. The quantitative estimate of drug-likeness (QED) is 0.523. The molecule has 0 radical (unpaired) electrons. The zero-order valence-corrected chi connectivity index (χ0v) is 14.2. The van der Waals surface area contributed by atoms with Crippen LogP contribution < -0.4 is 10.5 Å². The molecule has 26 heavy (non-hydrogen) atoms. The first-order valence-electron chi connectivity index (χ1n) is 8.22. The fourth-order valence-electron chi connectivity index (χ4n) is 2.50. The number of anilines is 1. The predicted molar refractivity (Wildman–Crippen MR) is 101 cm³/mol. The molecular weight excluding hydrogens is 326 g/mol. The second-order valence-corrected chi connectivity index (χ2v) is 5.98. The van der Waals surface area contributed by atoms with E-state index in [1.165, 1.54) is 5.56 Å². The van der Waals surface area contributed by atoms with Gasteiger partial charge in [-0.1, -0.05) is 22.9 Å². The van der Waals surface area contributed by atoms with Gasteiger partial charge in [-0.25, -0.2) is 0 Å². The number of benzene rings is 3. The molecular formula is C21H17N3O2. The minimum atomic E-state index is 0.458. The van der Waals surface area contributed by atoms with Crippen molar-refractivity contribution in [1.82, 2.24) is 10.1 Å². The number of aryl methyl sites for hydroxylation is 1. The van der Waals surface area contributed by atoms with Gasteiger partial charge < -0.3 is 15.0 Å². The highest BCUT2D eigenvalue weighted by Gasteiger charge is 2.10. The summed E-state index contributed by atoms with van der Waals surface area (Å²) < 4.78 is 11.2. The number of ether oxygens (including phenoxy) is 1. The van der Waals surface area contributed by atoms with Crippen LogP contribution in [-0.4, -0.2) is 10.1 Å². The van der Waals surface area contributed by atoms with Gasteiger partial charge in [-0.3, -0.25) is 0 Å². The molecule has 5 heteroatoms. The topological polar surface area (TPSA) is 74.2 Å². The number of hydrogen-bond acceptors (Lipinski definition) is 5. The van der Waals surface area contributed by atoms with Crippen molar-refractivity contribution < 1.29 is 9.26 Å². The number of nitrogens with zero attached hydrogens (tertiary/aromatic N) is 2. The molecule has 0 unspecified atom stereocenters. The summed E-state index contributed by atoms with van der Waals surface area (Å²) in [6.07, 6.45) is 0. The third-order valence-corrected chi connectivity index (χ3v) is 3.95. The molecule has 0 fully saturated rings. The van der Waals surface area contributed by atoms with Crippen LogP contribution in [0.2, 0.25) is 0 Å². The third kappa shape index (κ3) is 3.42. The van der Waals surface area contributed by atoms with Crippen molar-refractivity contribution in [1.29, 1.82) is 0 Å². The minimum absolute atomic E-state index is 0.458. The van der Waals surface area contributed by atoms with Crippen LogP contribution in [0, 0.1) is 6.92 Å². The molecule has 0 aliphatic heterocycles. The van der Waals surface area contributed by atoms with Crippen molar-refractivity contribution >= 4 is 5.69 Å². The van der Waals surface area contributed by atoms with Gasteiger partial charge >= 0.3 is 0 Å². The molecule has 128 valence electrons. The summed E-state index contributed by atoms with van der Waals surface area (Å²) in [4.78, 5) is 4.44. The van der Waals surface area contributed by atoms with E-state index in [9.17, 15) is 0 Å². The van der Waals surface area contributed by atoms with Crippen molar-refractivity contribution in [2.24, 2.45) is 0 Å². The number of nitrogens with two attached hydrogens (primary N) is 1. The van der Waals surface area contributed by atoms with Crippen LogP contribution in [0.4, 0.5) is 5.69 Å². The van der Waals surface area contributed by atoms with Crippen LogP contribution in [0.5, 0.6) is 11.5 Å². The zero-order valence-electron chi connectivity index (χ0n) is 14.2. The molecule has 1 heterocycles. The van der Waals surface area contributed by atoms with Gasteiger partial charge in [-0.05, 0) is 67.6 Å². The van der Waals surface area contributed by atoms with Crippen molar-refractivity contribution in [2.75, 3.05) is 5.73 Å². The lowest BCUT2D eigenvalue weighted by Crippen LogP contribution is -1.86. The van der Waals surface area contributed by atoms with Crippen LogP contribution in [0.3, 0.4) is 0 Å². The van der Waals surface area contributed by atoms with E-state index in [0.717, 1.165) is 22.6 Å². The largest absolute Gasteiger partial charge is 0.457 e. The second-order valence-electron chi connectivity index (χ2n) is 5.98. The lowest BCUT2D eigenvalue weighted by Gasteiger charge is -2.06. The Bertz CT molecular complexity index is 1000. The van der Waals surface area contributed by atoms with E-state index in [0.29, 0.717) is 17.4 Å². The van der Waals surface area contributed by atoms with Gasteiger partial charge in [0, 0.05) is 16.8 Å². The number of nitrogen functional groups attached to an aromatic ring is 1. The highest BCUT2D eigenvalue weighted by Crippen LogP contribution is 2.26. The molecule has 4 aromatic rings. The highest BCUT2D eigenvalue weighted by molar-refractivity contribution is 5.62. The maximum absolute atomic E-state index is 5.83. The second kappa shape index (κ2) is 6.72. The van der Waals surface area contributed by atoms with Gasteiger partial charge in [0.25, 0.3) is 5.89 Å². The smallest absolute Gasteiger partial charge is 0.258 e. The Morgan fingerprint density at radius 1 is 0.769 bits per heavy atom. The van der Waals surface area contributed by atoms with Crippen LogP contribution in [0.25, 0.3) is 22.8 Å².